The van der Waals surface area contributed by atoms with Crippen molar-refractivity contribution in [1.82, 2.24) is 4.90 Å². The summed E-state index contributed by atoms with van der Waals surface area (Å²) in [5.41, 5.74) is 0. The van der Waals surface area contributed by atoms with Crippen LogP contribution < -0.4 is 9.47 Å². The fourth-order valence-corrected chi connectivity index (χ4v) is 3.35. The summed E-state index contributed by atoms with van der Waals surface area (Å²) in [5.74, 6) is 0.388. The molecule has 1 amide bonds. The van der Waals surface area contributed by atoms with Gasteiger partial charge < -0.3 is 19.1 Å². The highest BCUT2D eigenvalue weighted by Gasteiger charge is 2.32. The Morgan fingerprint density at radius 2 is 1.83 bits per heavy atom. The summed E-state index contributed by atoms with van der Waals surface area (Å²) < 4.78 is 16.3. The van der Waals surface area contributed by atoms with Crippen molar-refractivity contribution in [2.45, 2.75) is 51.3 Å². The molecule has 1 aromatic rings. The molecule has 1 aromatic carbocycles. The van der Waals surface area contributed by atoms with Gasteiger partial charge in [0.25, 0.3) is 5.91 Å². The SMILES string of the molecule is C[C@@H]1CCC[C@H](C)N1C(=O)COC(=O)[C@H]1COc2ccccc2O1. The number of rotatable bonds is 3. The Morgan fingerprint density at radius 1 is 1.17 bits per heavy atom. The Hall–Kier alpha value is -2.24. The van der Waals surface area contributed by atoms with Crippen LogP contribution in [-0.2, 0) is 14.3 Å². The molecule has 3 atom stereocenters. The number of esters is 1. The van der Waals surface area contributed by atoms with Gasteiger partial charge in [-0.1, -0.05) is 12.1 Å². The van der Waals surface area contributed by atoms with E-state index in [0.29, 0.717) is 11.5 Å². The predicted molar refractivity (Wildman–Crippen MR) is 86.9 cm³/mol. The molecule has 6 heteroatoms. The van der Waals surface area contributed by atoms with Gasteiger partial charge in [-0.2, -0.15) is 0 Å². The van der Waals surface area contributed by atoms with E-state index in [1.54, 1.807) is 18.2 Å². The summed E-state index contributed by atoms with van der Waals surface area (Å²) in [5, 5.41) is 0. The lowest BCUT2D eigenvalue weighted by atomic mass is 9.97. The fourth-order valence-electron chi connectivity index (χ4n) is 3.35. The van der Waals surface area contributed by atoms with E-state index in [0.717, 1.165) is 19.3 Å². The largest absolute Gasteiger partial charge is 0.485 e. The summed E-state index contributed by atoms with van der Waals surface area (Å²) in [6.07, 6.45) is 2.25. The molecule has 0 aromatic heterocycles. The van der Waals surface area contributed by atoms with E-state index in [2.05, 4.69) is 0 Å². The molecular weight excluding hydrogens is 310 g/mol. The van der Waals surface area contributed by atoms with Crippen LogP contribution in [0.5, 0.6) is 11.5 Å². The van der Waals surface area contributed by atoms with Crippen molar-refractivity contribution >= 4 is 11.9 Å². The number of carbonyl (C=O) groups is 2. The van der Waals surface area contributed by atoms with Crippen molar-refractivity contribution in [3.8, 4) is 11.5 Å². The normalized spacial score (nSPS) is 25.9. The molecule has 24 heavy (non-hydrogen) atoms. The monoisotopic (exact) mass is 333 g/mol. The molecule has 3 rings (SSSR count). The van der Waals surface area contributed by atoms with Crippen LogP contribution in [0.1, 0.15) is 33.1 Å². The third-order valence-electron chi connectivity index (χ3n) is 4.59. The molecule has 1 saturated heterocycles. The molecule has 2 aliphatic rings. The van der Waals surface area contributed by atoms with Gasteiger partial charge >= 0.3 is 5.97 Å². The quantitative estimate of drug-likeness (QED) is 0.793. The Kier molecular flexibility index (Phi) is 4.92. The first kappa shape index (κ1) is 16.6. The minimum absolute atomic E-state index is 0.0839. The second-order valence-electron chi connectivity index (χ2n) is 6.40. The average molecular weight is 333 g/mol. The van der Waals surface area contributed by atoms with Gasteiger partial charge in [-0.25, -0.2) is 4.79 Å². The molecule has 0 bridgehead atoms. The molecule has 0 unspecified atom stereocenters. The van der Waals surface area contributed by atoms with Crippen molar-refractivity contribution in [3.05, 3.63) is 24.3 Å². The fraction of sp³-hybridized carbons (Fsp3) is 0.556. The van der Waals surface area contributed by atoms with Crippen LogP contribution in [0.25, 0.3) is 0 Å². The van der Waals surface area contributed by atoms with Crippen LogP contribution in [0.3, 0.4) is 0 Å². The predicted octanol–water partition coefficient (Wildman–Crippen LogP) is 2.16. The average Bonchev–Trinajstić information content (AvgIpc) is 2.59. The van der Waals surface area contributed by atoms with Gasteiger partial charge in [0.15, 0.2) is 18.1 Å². The number of amides is 1. The minimum Gasteiger partial charge on any atom is -0.485 e. The summed E-state index contributed by atoms with van der Waals surface area (Å²) in [7, 11) is 0. The number of piperidine rings is 1. The zero-order valence-electron chi connectivity index (χ0n) is 14.1. The number of hydrogen-bond donors (Lipinski definition) is 0. The third-order valence-corrected chi connectivity index (χ3v) is 4.59. The van der Waals surface area contributed by atoms with Gasteiger partial charge in [0.1, 0.15) is 6.61 Å². The van der Waals surface area contributed by atoms with Crippen molar-refractivity contribution in [1.29, 1.82) is 0 Å². The van der Waals surface area contributed by atoms with Crippen molar-refractivity contribution in [2.24, 2.45) is 0 Å². The minimum atomic E-state index is -0.844. The Balaban J connectivity index is 1.53. The smallest absolute Gasteiger partial charge is 0.351 e. The molecule has 0 radical (unpaired) electrons. The van der Waals surface area contributed by atoms with Gasteiger partial charge in [0, 0.05) is 12.1 Å². The van der Waals surface area contributed by atoms with E-state index in [4.69, 9.17) is 14.2 Å². The Morgan fingerprint density at radius 3 is 2.54 bits per heavy atom. The molecule has 0 N–H and O–H groups in total. The number of para-hydroxylation sites is 2. The molecule has 1 fully saturated rings. The van der Waals surface area contributed by atoms with E-state index in [1.807, 2.05) is 24.8 Å². The number of likely N-dealkylation sites (tertiary alicyclic amines) is 1. The molecule has 0 saturated carbocycles. The standard InChI is InChI=1S/C18H23NO5/c1-12-6-5-7-13(2)19(12)17(20)11-23-18(21)16-10-22-14-8-3-4-9-15(14)24-16/h3-4,8-9,12-13,16H,5-7,10-11H2,1-2H3/t12-,13+,16-/m1/s1. The second-order valence-corrected chi connectivity index (χ2v) is 6.40. The molecule has 130 valence electrons. The number of carbonyl (C=O) groups excluding carboxylic acids is 2. The first-order valence-corrected chi connectivity index (χ1v) is 8.42. The zero-order chi connectivity index (χ0) is 17.1. The number of hydrogen-bond acceptors (Lipinski definition) is 5. The Bertz CT molecular complexity index is 607. The van der Waals surface area contributed by atoms with Crippen LogP contribution in [0.2, 0.25) is 0 Å². The van der Waals surface area contributed by atoms with Crippen LogP contribution in [0, 0.1) is 0 Å². The first-order valence-electron chi connectivity index (χ1n) is 8.42. The van der Waals surface area contributed by atoms with E-state index < -0.39 is 12.1 Å². The van der Waals surface area contributed by atoms with Crippen LogP contribution in [0.4, 0.5) is 0 Å². The van der Waals surface area contributed by atoms with Gasteiger partial charge in [-0.05, 0) is 45.2 Å². The van der Waals surface area contributed by atoms with E-state index in [-0.39, 0.29) is 31.2 Å². The molecule has 0 aliphatic carbocycles. The van der Waals surface area contributed by atoms with Gasteiger partial charge in [-0.15, -0.1) is 0 Å². The number of ether oxygens (including phenoxy) is 3. The second kappa shape index (κ2) is 7.11. The molecule has 0 spiro atoms. The Labute approximate surface area is 141 Å². The molecule has 6 nitrogen and oxygen atoms in total. The van der Waals surface area contributed by atoms with Crippen LogP contribution in [0.15, 0.2) is 24.3 Å². The highest BCUT2D eigenvalue weighted by Crippen LogP contribution is 2.31. The summed E-state index contributed by atoms with van der Waals surface area (Å²) in [6, 6.07) is 7.51. The maximum atomic E-state index is 12.4. The van der Waals surface area contributed by atoms with Gasteiger partial charge in [0.05, 0.1) is 0 Å². The third kappa shape index (κ3) is 3.47. The molecular formula is C18H23NO5. The lowest BCUT2D eigenvalue weighted by Crippen LogP contribution is -2.49. The summed E-state index contributed by atoms with van der Waals surface area (Å²) in [6.45, 7) is 3.89. The summed E-state index contributed by atoms with van der Waals surface area (Å²) >= 11 is 0. The van der Waals surface area contributed by atoms with Crippen LogP contribution in [-0.4, -0.2) is 48.2 Å². The highest BCUT2D eigenvalue weighted by molar-refractivity contribution is 5.83. The number of benzene rings is 1. The molecule has 2 aliphatic heterocycles. The number of nitrogens with zero attached hydrogens (tertiary/aromatic N) is 1. The highest BCUT2D eigenvalue weighted by atomic mass is 16.6. The van der Waals surface area contributed by atoms with E-state index in [9.17, 15) is 9.59 Å². The lowest BCUT2D eigenvalue weighted by molar-refractivity contribution is -0.162. The van der Waals surface area contributed by atoms with E-state index >= 15 is 0 Å². The van der Waals surface area contributed by atoms with Gasteiger partial charge in [0.2, 0.25) is 6.10 Å². The topological polar surface area (TPSA) is 65.1 Å². The first-order chi connectivity index (χ1) is 11.6. The maximum absolute atomic E-state index is 12.4. The molecule has 2 heterocycles. The number of fused-ring (bicyclic) bond motifs is 1. The summed E-state index contributed by atoms with van der Waals surface area (Å²) in [4.78, 5) is 26.4. The lowest BCUT2D eigenvalue weighted by Gasteiger charge is -2.39. The van der Waals surface area contributed by atoms with E-state index in [1.165, 1.54) is 0 Å². The van der Waals surface area contributed by atoms with Gasteiger partial charge in [-0.3, -0.25) is 4.79 Å². The zero-order valence-corrected chi connectivity index (χ0v) is 14.1. The van der Waals surface area contributed by atoms with Crippen LogP contribution >= 0.6 is 0 Å². The maximum Gasteiger partial charge on any atom is 0.351 e. The van der Waals surface area contributed by atoms with Crippen molar-refractivity contribution < 1.29 is 23.8 Å². The van der Waals surface area contributed by atoms with Crippen molar-refractivity contribution in [2.75, 3.05) is 13.2 Å². The van der Waals surface area contributed by atoms with Crippen molar-refractivity contribution in [3.63, 3.8) is 0 Å².